The molecule has 1 heteroatoms. The molecule has 0 amide bonds. The van der Waals surface area contributed by atoms with Gasteiger partial charge < -0.3 is 0 Å². The third-order valence-electron chi connectivity index (χ3n) is 7.06. The lowest BCUT2D eigenvalue weighted by Gasteiger charge is -2.39. The highest BCUT2D eigenvalue weighted by molar-refractivity contribution is 7.56. The van der Waals surface area contributed by atoms with Gasteiger partial charge in [-0.1, -0.05) is 122 Å². The van der Waals surface area contributed by atoms with Crippen LogP contribution in [0.1, 0.15) is 123 Å². The molecule has 1 aliphatic rings. The summed E-state index contributed by atoms with van der Waals surface area (Å²) in [4.78, 5) is 0. The fourth-order valence-electron chi connectivity index (χ4n) is 5.04. The average molecular weight is 437 g/mol. The quantitative estimate of drug-likeness (QED) is 0.418. The van der Waals surface area contributed by atoms with Gasteiger partial charge in [0, 0.05) is 0 Å². The summed E-state index contributed by atoms with van der Waals surface area (Å²) >= 11 is 0. The van der Waals surface area contributed by atoms with Gasteiger partial charge in [0.05, 0.1) is 0 Å². The molecular weight excluding hydrogens is 391 g/mol. The molecule has 31 heavy (non-hydrogen) atoms. The normalized spacial score (nSPS) is 19.3. The third kappa shape index (κ3) is 4.95. The first-order chi connectivity index (χ1) is 13.9. The highest BCUT2D eigenvalue weighted by Crippen LogP contribution is 2.44. The van der Waals surface area contributed by atoms with E-state index in [1.807, 2.05) is 0 Å². The van der Waals surface area contributed by atoms with Gasteiger partial charge in [0.15, 0.2) is 0 Å². The first-order valence-corrected chi connectivity index (χ1v) is 13.0. The maximum Gasteiger partial charge on any atom is -0.00976 e. The van der Waals surface area contributed by atoms with E-state index < -0.39 is 0 Å². The molecule has 170 valence electrons. The molecule has 0 nitrogen and oxygen atoms in total. The zero-order valence-corrected chi connectivity index (χ0v) is 23.2. The van der Waals surface area contributed by atoms with E-state index in [-0.39, 0.29) is 21.7 Å². The molecule has 3 rings (SSSR count). The molecule has 1 aliphatic carbocycles. The summed E-state index contributed by atoms with van der Waals surface area (Å²) < 4.78 is 0. The summed E-state index contributed by atoms with van der Waals surface area (Å²) in [5, 5.41) is 3.13. The summed E-state index contributed by atoms with van der Waals surface area (Å²) in [5.74, 6) is 0.610. The Kier molecular flexibility index (Phi) is 6.11. The van der Waals surface area contributed by atoms with Crippen molar-refractivity contribution in [3.8, 4) is 0 Å². The molecule has 2 atom stereocenters. The molecule has 2 aromatic carbocycles. The Balaban J connectivity index is 2.22. The predicted octanol–water partition coefficient (Wildman–Crippen LogP) is 7.99. The SMILES string of the molecule is CC1CC(C)(C)c2cc1c(Pc1ccc(C(C)(C)C)cc1C(C)(C)C)c(C(C)(C)C)c2. The van der Waals surface area contributed by atoms with Gasteiger partial charge in [0.2, 0.25) is 0 Å². The van der Waals surface area contributed by atoms with Gasteiger partial charge in [-0.25, -0.2) is 0 Å². The van der Waals surface area contributed by atoms with Crippen LogP contribution < -0.4 is 10.6 Å². The van der Waals surface area contributed by atoms with Crippen molar-refractivity contribution >= 4 is 19.2 Å². The number of hydrogen-bond donors (Lipinski definition) is 0. The second-order valence-corrected chi connectivity index (χ2v) is 14.9. The molecule has 0 fully saturated rings. The van der Waals surface area contributed by atoms with Crippen LogP contribution in [0.2, 0.25) is 0 Å². The Labute approximate surface area is 194 Å². The molecule has 0 spiro atoms. The van der Waals surface area contributed by atoms with Crippen molar-refractivity contribution in [1.82, 2.24) is 0 Å². The van der Waals surface area contributed by atoms with Crippen molar-refractivity contribution in [2.75, 3.05) is 0 Å². The van der Waals surface area contributed by atoms with E-state index in [4.69, 9.17) is 0 Å². The molecule has 0 saturated carbocycles. The van der Waals surface area contributed by atoms with E-state index in [1.165, 1.54) is 28.4 Å². The van der Waals surface area contributed by atoms with Gasteiger partial charge in [-0.2, -0.15) is 0 Å². The maximum atomic E-state index is 2.54. The van der Waals surface area contributed by atoms with Gasteiger partial charge in [-0.05, 0) is 72.4 Å². The van der Waals surface area contributed by atoms with Crippen LogP contribution in [0.15, 0.2) is 30.3 Å². The molecule has 0 aromatic heterocycles. The van der Waals surface area contributed by atoms with E-state index in [2.05, 4.69) is 113 Å². The van der Waals surface area contributed by atoms with E-state index >= 15 is 0 Å². The minimum Gasteiger partial charge on any atom is -0.0584 e. The van der Waals surface area contributed by atoms with Gasteiger partial charge in [0.25, 0.3) is 0 Å². The first-order valence-electron chi connectivity index (χ1n) is 12.0. The lowest BCUT2D eigenvalue weighted by Crippen LogP contribution is -2.34. The van der Waals surface area contributed by atoms with E-state index in [1.54, 1.807) is 16.4 Å². The molecular formula is C30H45P. The first kappa shape index (κ1) is 24.5. The van der Waals surface area contributed by atoms with E-state index in [0.29, 0.717) is 14.5 Å². The second kappa shape index (κ2) is 7.73. The largest absolute Gasteiger partial charge is 0.0584 e. The number of benzene rings is 2. The molecule has 0 heterocycles. The fourth-order valence-corrected chi connectivity index (χ4v) is 7.11. The molecule has 0 radical (unpaired) electrons. The van der Waals surface area contributed by atoms with Gasteiger partial charge in [0.1, 0.15) is 0 Å². The molecule has 0 saturated heterocycles. The lowest BCUT2D eigenvalue weighted by molar-refractivity contribution is 0.421. The third-order valence-corrected chi connectivity index (χ3v) is 8.57. The Morgan fingerprint density at radius 3 is 1.87 bits per heavy atom. The second-order valence-electron chi connectivity index (χ2n) is 13.6. The van der Waals surface area contributed by atoms with Crippen molar-refractivity contribution in [3.63, 3.8) is 0 Å². The maximum absolute atomic E-state index is 2.54. The highest BCUT2D eigenvalue weighted by Gasteiger charge is 2.35. The Morgan fingerprint density at radius 2 is 1.35 bits per heavy atom. The Morgan fingerprint density at radius 1 is 0.774 bits per heavy atom. The topological polar surface area (TPSA) is 0 Å². The monoisotopic (exact) mass is 436 g/mol. The summed E-state index contributed by atoms with van der Waals surface area (Å²) in [6.45, 7) is 28.5. The standard InChI is InChI=1S/C30H45P/c1-19-18-30(11,12)21-15-22(19)26(24(17-21)29(8,9)10)31-25-14-13-20(27(2,3)4)16-23(25)28(5,6)7/h13-17,19,31H,18H2,1-12H3. The fraction of sp³-hybridized carbons (Fsp3) is 0.600. The van der Waals surface area contributed by atoms with Crippen molar-refractivity contribution in [2.24, 2.45) is 0 Å². The van der Waals surface area contributed by atoms with Crippen molar-refractivity contribution in [3.05, 3.63) is 58.1 Å². The van der Waals surface area contributed by atoms with Crippen molar-refractivity contribution in [2.45, 2.75) is 117 Å². The number of hydrogen-bond acceptors (Lipinski definition) is 0. The predicted molar refractivity (Wildman–Crippen MR) is 143 cm³/mol. The summed E-state index contributed by atoms with van der Waals surface area (Å²) in [6, 6.07) is 12.4. The molecule has 2 unspecified atom stereocenters. The molecule has 0 N–H and O–H groups in total. The van der Waals surface area contributed by atoms with Crippen LogP contribution in [0, 0.1) is 0 Å². The van der Waals surface area contributed by atoms with Crippen LogP contribution in [0.3, 0.4) is 0 Å². The smallest absolute Gasteiger partial charge is 0.00976 e. The van der Waals surface area contributed by atoms with Gasteiger partial charge in [-0.15, -0.1) is 0 Å². The van der Waals surface area contributed by atoms with Gasteiger partial charge in [-0.3, -0.25) is 0 Å². The van der Waals surface area contributed by atoms with Crippen LogP contribution in [-0.2, 0) is 21.7 Å². The van der Waals surface area contributed by atoms with Crippen LogP contribution in [0.25, 0.3) is 0 Å². The van der Waals surface area contributed by atoms with Crippen LogP contribution in [0.5, 0.6) is 0 Å². The zero-order valence-electron chi connectivity index (χ0n) is 22.2. The summed E-state index contributed by atoms with van der Waals surface area (Å²) in [7, 11) is 0.705. The minimum absolute atomic E-state index is 0.135. The molecule has 2 bridgehead atoms. The highest BCUT2D eigenvalue weighted by atomic mass is 31.1. The number of rotatable bonds is 2. The van der Waals surface area contributed by atoms with Crippen LogP contribution in [0.4, 0.5) is 0 Å². The Bertz CT molecular complexity index is 971. The van der Waals surface area contributed by atoms with Gasteiger partial charge >= 0.3 is 0 Å². The van der Waals surface area contributed by atoms with Crippen molar-refractivity contribution < 1.29 is 0 Å². The van der Waals surface area contributed by atoms with E-state index in [9.17, 15) is 0 Å². The molecule has 2 aromatic rings. The van der Waals surface area contributed by atoms with E-state index in [0.717, 1.165) is 0 Å². The van der Waals surface area contributed by atoms with Crippen LogP contribution >= 0.6 is 8.58 Å². The average Bonchev–Trinajstić information content (AvgIpc) is 2.57. The molecule has 0 aliphatic heterocycles. The zero-order chi connectivity index (χ0) is 23.6. The number of fused-ring (bicyclic) bond motifs is 2. The summed E-state index contributed by atoms with van der Waals surface area (Å²) in [5.41, 5.74) is 8.34. The summed E-state index contributed by atoms with van der Waals surface area (Å²) in [6.07, 6.45) is 1.24. The van der Waals surface area contributed by atoms with Crippen LogP contribution in [-0.4, -0.2) is 0 Å². The lowest BCUT2D eigenvalue weighted by atomic mass is 9.68. The Hall–Kier alpha value is -1.13. The minimum atomic E-state index is 0.135. The van der Waals surface area contributed by atoms with Crippen molar-refractivity contribution in [1.29, 1.82) is 0 Å².